The first-order valence-corrected chi connectivity index (χ1v) is 16.1. The van der Waals surface area contributed by atoms with Crippen molar-refractivity contribution in [3.8, 4) is 17.2 Å². The number of fused-ring (bicyclic) bond motifs is 5. The van der Waals surface area contributed by atoms with Crippen LogP contribution >= 0.6 is 0 Å². The summed E-state index contributed by atoms with van der Waals surface area (Å²) in [7, 11) is 5.41. The maximum absolute atomic E-state index is 15.6. The lowest BCUT2D eigenvalue weighted by Crippen LogP contribution is -2.45. The van der Waals surface area contributed by atoms with Crippen LogP contribution in [0.25, 0.3) is 44.1 Å². The van der Waals surface area contributed by atoms with Gasteiger partial charge in [0.2, 0.25) is 11.2 Å². The summed E-state index contributed by atoms with van der Waals surface area (Å²) in [5, 5.41) is 24.0. The van der Waals surface area contributed by atoms with E-state index in [9.17, 15) is 24.8 Å². The molecule has 8 rings (SSSR count). The number of benzene rings is 1. The predicted octanol–water partition coefficient (Wildman–Crippen LogP) is 4.09. The standard InChI is InChI=1S/C35H31FN8O6/c1-16-26(50-35(48)49-16)15-44(4)13-17-5-6-43(25(17)14-44)30-21(18-7-19-31(45)22(34(46)47)12-42(3)33(19)40-10-18)11-39-32-28(30)27-20(9-37)23(36)8-24(38-2)29(27)41-32/h7-8,10-12,17,25,38H,5-6,13-15H2,1-4H3,(H-,39,41,46,47)/p+1/t17-,25+,44?/m0/s1. The van der Waals surface area contributed by atoms with Crippen LogP contribution in [0.1, 0.15) is 33.9 Å². The third-order valence-corrected chi connectivity index (χ3v) is 10.4. The molecule has 1 aromatic carbocycles. The maximum atomic E-state index is 15.6. The third kappa shape index (κ3) is 4.59. The molecular weight excluding hydrogens is 647 g/mol. The highest BCUT2D eigenvalue weighted by molar-refractivity contribution is 6.20. The number of H-pyrrole nitrogens is 1. The molecule has 2 fully saturated rings. The second kappa shape index (κ2) is 11.0. The van der Waals surface area contributed by atoms with Gasteiger partial charge in [0, 0.05) is 67.7 Å². The number of carboxylic acids is 1. The molecule has 2 aliphatic heterocycles. The Morgan fingerprint density at radius 2 is 2.02 bits per heavy atom. The van der Waals surface area contributed by atoms with E-state index in [1.165, 1.54) is 16.8 Å². The van der Waals surface area contributed by atoms with Gasteiger partial charge in [-0.05, 0) is 19.4 Å². The largest absolute Gasteiger partial charge is 0.519 e. The fourth-order valence-corrected chi connectivity index (χ4v) is 8.20. The summed E-state index contributed by atoms with van der Waals surface area (Å²) in [6.45, 7) is 4.31. The molecule has 2 saturated heterocycles. The monoisotopic (exact) mass is 679 g/mol. The van der Waals surface area contributed by atoms with E-state index in [0.717, 1.165) is 13.0 Å². The zero-order chi connectivity index (χ0) is 35.2. The van der Waals surface area contributed by atoms with E-state index in [2.05, 4.69) is 33.3 Å². The van der Waals surface area contributed by atoms with Crippen LogP contribution in [0.5, 0.6) is 0 Å². The number of hydrogen-bond donors (Lipinski definition) is 3. The van der Waals surface area contributed by atoms with Crippen molar-refractivity contribution in [3.05, 3.63) is 80.0 Å². The summed E-state index contributed by atoms with van der Waals surface area (Å²) in [6, 6.07) is 4.96. The smallest absolute Gasteiger partial charge is 0.477 e. The van der Waals surface area contributed by atoms with Gasteiger partial charge in [0.1, 0.15) is 35.3 Å². The van der Waals surface area contributed by atoms with Crippen LogP contribution < -0.4 is 21.5 Å². The zero-order valence-electron chi connectivity index (χ0n) is 27.6. The number of aromatic carboxylic acids is 1. The molecule has 15 heteroatoms. The average molecular weight is 680 g/mol. The number of hydrogen-bond acceptors (Lipinski definition) is 10. The quantitative estimate of drug-likeness (QED) is 0.216. The van der Waals surface area contributed by atoms with E-state index in [4.69, 9.17) is 13.8 Å². The molecule has 2 aliphatic rings. The molecule has 0 spiro atoms. The lowest BCUT2D eigenvalue weighted by molar-refractivity contribution is -0.913. The minimum atomic E-state index is -1.35. The van der Waals surface area contributed by atoms with Gasteiger partial charge >= 0.3 is 11.8 Å². The molecule has 3 N–H and O–H groups in total. The Kier molecular flexibility index (Phi) is 6.88. The van der Waals surface area contributed by atoms with Crippen LogP contribution in [0.15, 0.2) is 49.1 Å². The Balaban J connectivity index is 1.38. The van der Waals surface area contributed by atoms with Crippen molar-refractivity contribution in [2.45, 2.75) is 25.9 Å². The molecule has 0 bridgehead atoms. The van der Waals surface area contributed by atoms with Gasteiger partial charge in [0.25, 0.3) is 0 Å². The molecule has 1 unspecified atom stereocenters. The highest BCUT2D eigenvalue weighted by atomic mass is 19.1. The first kappa shape index (κ1) is 31.3. The number of nitriles is 1. The number of aromatic amines is 1. The number of nitrogens with zero attached hydrogens (tertiary/aromatic N) is 6. The third-order valence-electron chi connectivity index (χ3n) is 10.4. The Morgan fingerprint density at radius 1 is 1.22 bits per heavy atom. The molecule has 14 nitrogen and oxygen atoms in total. The number of quaternary nitrogens is 1. The Hall–Kier alpha value is -6.01. The molecule has 50 heavy (non-hydrogen) atoms. The molecule has 3 atom stereocenters. The van der Waals surface area contributed by atoms with Gasteiger partial charge in [0.05, 0.1) is 59.4 Å². The highest BCUT2D eigenvalue weighted by Gasteiger charge is 2.50. The van der Waals surface area contributed by atoms with Crippen molar-refractivity contribution in [3.63, 3.8) is 0 Å². The molecule has 7 heterocycles. The number of carbonyl (C=O) groups is 1. The summed E-state index contributed by atoms with van der Waals surface area (Å²) in [6.07, 6.45) is 5.37. The van der Waals surface area contributed by atoms with Crippen molar-refractivity contribution in [2.24, 2.45) is 13.0 Å². The number of halogens is 1. The van der Waals surface area contributed by atoms with Gasteiger partial charge in [-0.25, -0.2) is 23.9 Å². The second-order valence-electron chi connectivity index (χ2n) is 13.5. The summed E-state index contributed by atoms with van der Waals surface area (Å²) >= 11 is 0. The van der Waals surface area contributed by atoms with E-state index < -0.39 is 23.0 Å². The van der Waals surface area contributed by atoms with Crippen LogP contribution in [0.2, 0.25) is 0 Å². The minimum absolute atomic E-state index is 0.00371. The Bertz CT molecular complexity index is 2600. The van der Waals surface area contributed by atoms with Crippen LogP contribution in [-0.2, 0) is 13.6 Å². The first-order chi connectivity index (χ1) is 23.9. The predicted molar refractivity (Wildman–Crippen MR) is 182 cm³/mol. The number of likely N-dealkylation sites (tertiary alicyclic amines) is 1. The number of aryl methyl sites for hydroxylation is 2. The molecule has 0 aliphatic carbocycles. The van der Waals surface area contributed by atoms with Crippen molar-refractivity contribution in [2.75, 3.05) is 43.9 Å². The number of carboxylic acid groups (broad SMARTS) is 1. The lowest BCUT2D eigenvalue weighted by atomic mass is 9.98. The van der Waals surface area contributed by atoms with E-state index in [-0.39, 0.29) is 28.5 Å². The number of likely N-dealkylation sites (N-methyl/N-ethyl adjacent to an activating group) is 1. The molecule has 6 aromatic rings. The summed E-state index contributed by atoms with van der Waals surface area (Å²) in [4.78, 5) is 52.1. The number of nitrogens with one attached hydrogen (secondary N) is 2. The van der Waals surface area contributed by atoms with Crippen LogP contribution in [-0.4, -0.2) is 74.8 Å². The zero-order valence-corrected chi connectivity index (χ0v) is 27.6. The molecule has 5 aromatic heterocycles. The van der Waals surface area contributed by atoms with E-state index in [1.54, 1.807) is 39.5 Å². The minimum Gasteiger partial charge on any atom is -0.477 e. The van der Waals surface area contributed by atoms with E-state index >= 15 is 4.39 Å². The molecule has 0 amide bonds. The fourth-order valence-electron chi connectivity index (χ4n) is 8.20. The normalized spacial score (nSPS) is 20.2. The first-order valence-electron chi connectivity index (χ1n) is 16.1. The fraction of sp³-hybridized carbons (Fsp3) is 0.314. The molecule has 0 saturated carbocycles. The Labute approximate surface area is 282 Å². The maximum Gasteiger partial charge on any atom is 0.519 e. The topological polar surface area (TPSA) is 183 Å². The van der Waals surface area contributed by atoms with Crippen molar-refractivity contribution >= 4 is 50.3 Å². The number of aromatic nitrogens is 4. The van der Waals surface area contributed by atoms with Crippen LogP contribution in [0, 0.1) is 30.0 Å². The van der Waals surface area contributed by atoms with Crippen molar-refractivity contribution in [1.82, 2.24) is 19.5 Å². The Morgan fingerprint density at radius 3 is 2.72 bits per heavy atom. The number of rotatable bonds is 6. The summed E-state index contributed by atoms with van der Waals surface area (Å²) in [5.74, 6) is -1.55. The van der Waals surface area contributed by atoms with Crippen molar-refractivity contribution in [1.29, 1.82) is 5.26 Å². The van der Waals surface area contributed by atoms with E-state index in [0.29, 0.717) is 85.7 Å². The number of anilines is 2. The van der Waals surface area contributed by atoms with Crippen LogP contribution in [0.4, 0.5) is 15.8 Å². The SMILES string of the molecule is CNc1cc(F)c(C#N)c2c1[nH]c1ncc(-c3cnc4c(c3)c(=O)c(C(=O)O)cn4C)c(N3CC[C@H]4C[N+](C)(Cc5oc(=O)oc5C)C[C@H]43)c12. The second-order valence-corrected chi connectivity index (χ2v) is 13.5. The molecule has 0 radical (unpaired) electrons. The van der Waals surface area contributed by atoms with Gasteiger partial charge in [-0.2, -0.15) is 5.26 Å². The van der Waals surface area contributed by atoms with Gasteiger partial charge in [-0.3, -0.25) is 4.79 Å². The van der Waals surface area contributed by atoms with Crippen LogP contribution in [0.3, 0.4) is 0 Å². The van der Waals surface area contributed by atoms with Gasteiger partial charge in [-0.15, -0.1) is 0 Å². The van der Waals surface area contributed by atoms with E-state index in [1.807, 2.05) is 0 Å². The van der Waals surface area contributed by atoms with Crippen molar-refractivity contribution < 1.29 is 27.6 Å². The molecular formula is C35H32FN8O6+. The highest BCUT2D eigenvalue weighted by Crippen LogP contribution is 2.48. The van der Waals surface area contributed by atoms with Gasteiger partial charge in [0.15, 0.2) is 5.76 Å². The average Bonchev–Trinajstić information content (AvgIpc) is 3.82. The summed E-state index contributed by atoms with van der Waals surface area (Å²) in [5.41, 5.74) is 2.36. The van der Waals surface area contributed by atoms with Gasteiger partial charge in [-0.1, -0.05) is 0 Å². The lowest BCUT2D eigenvalue weighted by Gasteiger charge is -2.33. The molecule has 254 valence electrons. The number of pyridine rings is 3. The van der Waals surface area contributed by atoms with Gasteiger partial charge < -0.3 is 38.2 Å². The summed E-state index contributed by atoms with van der Waals surface area (Å²) < 4.78 is 28.2.